The summed E-state index contributed by atoms with van der Waals surface area (Å²) < 4.78 is 0. The third-order valence-corrected chi connectivity index (χ3v) is 3.70. The maximum atomic E-state index is 11.8. The van der Waals surface area contributed by atoms with Gasteiger partial charge >= 0.3 is 12.0 Å². The van der Waals surface area contributed by atoms with Crippen LogP contribution in [-0.4, -0.2) is 28.3 Å². The number of carboxylic acids is 1. The third-order valence-electron chi connectivity index (χ3n) is 3.70. The Morgan fingerprint density at radius 3 is 2.55 bits per heavy atom. The highest BCUT2D eigenvalue weighted by Crippen LogP contribution is 2.29. The second kappa shape index (κ2) is 5.81. The highest BCUT2D eigenvalue weighted by molar-refractivity contribution is 5.94. The van der Waals surface area contributed by atoms with Crippen LogP contribution in [0.5, 0.6) is 5.75 Å². The summed E-state index contributed by atoms with van der Waals surface area (Å²) in [6.45, 7) is 1.97. The van der Waals surface area contributed by atoms with Gasteiger partial charge in [-0.25, -0.2) is 9.59 Å². The molecule has 1 aliphatic rings. The lowest BCUT2D eigenvalue weighted by Crippen LogP contribution is -2.42. The zero-order valence-electron chi connectivity index (χ0n) is 11.2. The van der Waals surface area contributed by atoms with Crippen LogP contribution < -0.4 is 10.6 Å². The van der Waals surface area contributed by atoms with E-state index >= 15 is 0 Å². The molecule has 1 aliphatic carbocycles. The van der Waals surface area contributed by atoms with Crippen molar-refractivity contribution in [3.63, 3.8) is 0 Å². The van der Waals surface area contributed by atoms with Crippen LogP contribution in [0.25, 0.3) is 0 Å². The van der Waals surface area contributed by atoms with Gasteiger partial charge in [-0.2, -0.15) is 0 Å². The molecule has 1 aromatic rings. The minimum atomic E-state index is -1.21. The zero-order valence-corrected chi connectivity index (χ0v) is 11.2. The van der Waals surface area contributed by atoms with E-state index in [4.69, 9.17) is 5.11 Å². The lowest BCUT2D eigenvalue weighted by atomic mass is 9.80. The molecular formula is C14H18N2O4. The molecule has 6 heteroatoms. The van der Waals surface area contributed by atoms with Gasteiger partial charge in [0.25, 0.3) is 0 Å². The van der Waals surface area contributed by atoms with E-state index in [0.717, 1.165) is 12.8 Å². The van der Waals surface area contributed by atoms with E-state index in [1.54, 1.807) is 0 Å². The van der Waals surface area contributed by atoms with Gasteiger partial charge in [-0.15, -0.1) is 0 Å². The molecule has 2 amide bonds. The number of hydrogen-bond donors (Lipinski definition) is 4. The van der Waals surface area contributed by atoms with E-state index in [1.165, 1.54) is 24.6 Å². The Kier molecular flexibility index (Phi) is 4.12. The van der Waals surface area contributed by atoms with Crippen molar-refractivity contribution >= 4 is 17.7 Å². The largest absolute Gasteiger partial charge is 0.507 e. The first-order valence-electron chi connectivity index (χ1n) is 6.61. The lowest BCUT2D eigenvalue weighted by molar-refractivity contribution is 0.0694. The first kappa shape index (κ1) is 14.2. The molecule has 4 N–H and O–H groups in total. The summed E-state index contributed by atoms with van der Waals surface area (Å²) in [6.07, 6.45) is 3.48. The number of aromatic hydroxyl groups is 1. The monoisotopic (exact) mass is 278 g/mol. The van der Waals surface area contributed by atoms with Crippen LogP contribution in [0.4, 0.5) is 10.5 Å². The first-order chi connectivity index (χ1) is 9.47. The summed E-state index contributed by atoms with van der Waals surface area (Å²) in [4.78, 5) is 22.5. The van der Waals surface area contributed by atoms with Crippen molar-refractivity contribution in [3.8, 4) is 5.75 Å². The molecule has 1 fully saturated rings. The molecule has 1 unspecified atom stereocenters. The van der Waals surface area contributed by atoms with E-state index in [9.17, 15) is 14.7 Å². The molecule has 0 bridgehead atoms. The number of carbonyl (C=O) groups is 2. The van der Waals surface area contributed by atoms with E-state index < -0.39 is 5.97 Å². The standard InChI is InChI=1S/C14H18N2O4/c1-8(9-3-2-4-9)15-14(20)16-10-5-6-11(13(18)19)12(17)7-10/h5-9,17H,2-4H2,1H3,(H,18,19)(H2,15,16,20). The number of aromatic carboxylic acids is 1. The molecule has 6 nitrogen and oxygen atoms in total. The molecule has 0 aromatic heterocycles. The molecule has 0 spiro atoms. The Labute approximate surface area is 116 Å². The molecule has 1 atom stereocenters. The van der Waals surface area contributed by atoms with Crippen molar-refractivity contribution in [2.24, 2.45) is 5.92 Å². The second-order valence-electron chi connectivity index (χ2n) is 5.12. The number of carbonyl (C=O) groups excluding carboxylic acids is 1. The van der Waals surface area contributed by atoms with Crippen LogP contribution in [0.2, 0.25) is 0 Å². The van der Waals surface area contributed by atoms with Crippen molar-refractivity contribution in [3.05, 3.63) is 23.8 Å². The quantitative estimate of drug-likeness (QED) is 0.679. The molecule has 0 heterocycles. The second-order valence-corrected chi connectivity index (χ2v) is 5.12. The summed E-state index contributed by atoms with van der Waals surface area (Å²) in [6, 6.07) is 3.67. The topological polar surface area (TPSA) is 98.7 Å². The zero-order chi connectivity index (χ0) is 14.7. The number of nitrogens with one attached hydrogen (secondary N) is 2. The van der Waals surface area contributed by atoms with E-state index in [-0.39, 0.29) is 23.4 Å². The fourth-order valence-electron chi connectivity index (χ4n) is 2.22. The van der Waals surface area contributed by atoms with Gasteiger partial charge in [-0.1, -0.05) is 6.42 Å². The molecular weight excluding hydrogens is 260 g/mol. The maximum Gasteiger partial charge on any atom is 0.339 e. The molecule has 1 aromatic carbocycles. The van der Waals surface area contributed by atoms with Crippen molar-refractivity contribution in [1.82, 2.24) is 5.32 Å². The number of urea groups is 1. The fourth-order valence-corrected chi connectivity index (χ4v) is 2.22. The van der Waals surface area contributed by atoms with Gasteiger partial charge in [0.05, 0.1) is 0 Å². The molecule has 108 valence electrons. The molecule has 0 aliphatic heterocycles. The van der Waals surface area contributed by atoms with Crippen LogP contribution >= 0.6 is 0 Å². The molecule has 2 rings (SSSR count). The van der Waals surface area contributed by atoms with Crippen LogP contribution in [0.1, 0.15) is 36.5 Å². The Hall–Kier alpha value is -2.24. The maximum absolute atomic E-state index is 11.8. The molecule has 0 radical (unpaired) electrons. The molecule has 20 heavy (non-hydrogen) atoms. The first-order valence-corrected chi connectivity index (χ1v) is 6.61. The lowest BCUT2D eigenvalue weighted by Gasteiger charge is -2.31. The predicted octanol–water partition coefficient (Wildman–Crippen LogP) is 2.40. The van der Waals surface area contributed by atoms with Gasteiger partial charge in [0, 0.05) is 17.8 Å². The van der Waals surface area contributed by atoms with Crippen LogP contribution in [0.15, 0.2) is 18.2 Å². The Morgan fingerprint density at radius 2 is 2.05 bits per heavy atom. The number of hydrogen-bond acceptors (Lipinski definition) is 3. The minimum Gasteiger partial charge on any atom is -0.507 e. The average molecular weight is 278 g/mol. The Bertz CT molecular complexity index is 526. The summed E-state index contributed by atoms with van der Waals surface area (Å²) >= 11 is 0. The van der Waals surface area contributed by atoms with Gasteiger partial charge in [-0.05, 0) is 37.8 Å². The fraction of sp³-hybridized carbons (Fsp3) is 0.429. The highest BCUT2D eigenvalue weighted by Gasteiger charge is 2.25. The summed E-state index contributed by atoms with van der Waals surface area (Å²) in [5.41, 5.74) is 0.157. The number of amides is 2. The van der Waals surface area contributed by atoms with Crippen LogP contribution in [0, 0.1) is 5.92 Å². The predicted molar refractivity (Wildman–Crippen MR) is 74.0 cm³/mol. The Morgan fingerprint density at radius 1 is 1.35 bits per heavy atom. The van der Waals surface area contributed by atoms with Gasteiger partial charge in [-0.3, -0.25) is 0 Å². The van der Waals surface area contributed by atoms with E-state index in [0.29, 0.717) is 11.6 Å². The third kappa shape index (κ3) is 3.20. The van der Waals surface area contributed by atoms with Crippen molar-refractivity contribution in [1.29, 1.82) is 0 Å². The van der Waals surface area contributed by atoms with Gasteiger partial charge in [0.15, 0.2) is 0 Å². The number of phenols is 1. The van der Waals surface area contributed by atoms with E-state index in [2.05, 4.69) is 10.6 Å². The average Bonchev–Trinajstić information content (AvgIpc) is 2.25. The number of carboxylic acid groups (broad SMARTS) is 1. The van der Waals surface area contributed by atoms with Gasteiger partial charge in [0.2, 0.25) is 0 Å². The number of rotatable bonds is 4. The van der Waals surface area contributed by atoms with Crippen molar-refractivity contribution in [2.45, 2.75) is 32.2 Å². The SMILES string of the molecule is CC(NC(=O)Nc1ccc(C(=O)O)c(O)c1)C1CCC1. The minimum absolute atomic E-state index is 0.107. The van der Waals surface area contributed by atoms with Gasteiger partial charge in [0.1, 0.15) is 11.3 Å². The number of benzene rings is 1. The summed E-state index contributed by atoms with van der Waals surface area (Å²) in [5.74, 6) is -1.05. The van der Waals surface area contributed by atoms with Crippen molar-refractivity contribution < 1.29 is 19.8 Å². The normalized spacial score (nSPS) is 16.1. The smallest absolute Gasteiger partial charge is 0.339 e. The molecule has 1 saturated carbocycles. The van der Waals surface area contributed by atoms with Crippen molar-refractivity contribution in [2.75, 3.05) is 5.32 Å². The van der Waals surface area contributed by atoms with E-state index in [1.807, 2.05) is 6.92 Å². The van der Waals surface area contributed by atoms with Gasteiger partial charge < -0.3 is 20.8 Å². The summed E-state index contributed by atoms with van der Waals surface area (Å²) in [5, 5.41) is 23.8. The number of anilines is 1. The van der Waals surface area contributed by atoms with Crippen LogP contribution in [-0.2, 0) is 0 Å². The summed E-state index contributed by atoms with van der Waals surface area (Å²) in [7, 11) is 0. The highest BCUT2D eigenvalue weighted by atomic mass is 16.4. The molecule has 0 saturated heterocycles. The Balaban J connectivity index is 1.93. The van der Waals surface area contributed by atoms with Crippen LogP contribution in [0.3, 0.4) is 0 Å².